The van der Waals surface area contributed by atoms with Crippen LogP contribution in [0.15, 0.2) is 47.5 Å². The zero-order valence-corrected chi connectivity index (χ0v) is 13.1. The van der Waals surface area contributed by atoms with Crippen LogP contribution in [0.2, 0.25) is 0 Å². The summed E-state index contributed by atoms with van der Waals surface area (Å²) in [5.41, 5.74) is 0.942. The molecule has 3 atom stereocenters. The van der Waals surface area contributed by atoms with Crippen LogP contribution in [-0.4, -0.2) is 18.9 Å². The van der Waals surface area contributed by atoms with Gasteiger partial charge in [0.1, 0.15) is 5.60 Å². The monoisotopic (exact) mass is 271 g/mol. The molecule has 0 radical (unpaired) electrons. The molecule has 0 aromatic heterocycles. The Kier molecular flexibility index (Phi) is 4.14. The SMILES string of the molecule is C/C=C/[C@@H]1[C@@H](C=NC(C)(C)C)C1(OC)c1ccccc1. The molecule has 1 aliphatic rings. The minimum atomic E-state index is -0.247. The summed E-state index contributed by atoms with van der Waals surface area (Å²) in [6.07, 6.45) is 6.42. The molecule has 2 nitrogen and oxygen atoms in total. The quantitative estimate of drug-likeness (QED) is 0.593. The van der Waals surface area contributed by atoms with Gasteiger partial charge in [-0.2, -0.15) is 0 Å². The van der Waals surface area contributed by atoms with Crippen LogP contribution in [0.1, 0.15) is 33.3 Å². The summed E-state index contributed by atoms with van der Waals surface area (Å²) < 4.78 is 5.94. The Morgan fingerprint density at radius 1 is 1.15 bits per heavy atom. The Balaban J connectivity index is 2.34. The fourth-order valence-electron chi connectivity index (χ4n) is 2.87. The highest BCUT2D eigenvalue weighted by Gasteiger charge is 2.64. The predicted octanol–water partition coefficient (Wildman–Crippen LogP) is 4.22. The van der Waals surface area contributed by atoms with Gasteiger partial charge in [0.2, 0.25) is 0 Å². The highest BCUT2D eigenvalue weighted by molar-refractivity contribution is 5.71. The van der Waals surface area contributed by atoms with Crippen molar-refractivity contribution >= 4 is 6.21 Å². The standard InChI is InChI=1S/C18H25NO/c1-6-10-15-16(13-19-17(2,3)4)18(15,20-5)14-11-8-7-9-12-14/h6-13,15-16H,1-5H3/b10-6+,19-13?/t15-,16-,18?/m1/s1. The van der Waals surface area contributed by atoms with Gasteiger partial charge < -0.3 is 4.74 Å². The van der Waals surface area contributed by atoms with E-state index >= 15 is 0 Å². The van der Waals surface area contributed by atoms with E-state index in [2.05, 4.69) is 75.3 Å². The molecule has 2 heteroatoms. The van der Waals surface area contributed by atoms with Crippen LogP contribution in [0.4, 0.5) is 0 Å². The molecule has 0 heterocycles. The first-order chi connectivity index (χ1) is 9.45. The van der Waals surface area contributed by atoms with Crippen LogP contribution < -0.4 is 0 Å². The normalized spacial score (nSPS) is 30.2. The molecule has 1 unspecified atom stereocenters. The van der Waals surface area contributed by atoms with Crippen molar-refractivity contribution in [3.63, 3.8) is 0 Å². The van der Waals surface area contributed by atoms with E-state index in [1.807, 2.05) is 6.07 Å². The second-order valence-electron chi connectivity index (χ2n) is 6.39. The van der Waals surface area contributed by atoms with Crippen molar-refractivity contribution in [2.45, 2.75) is 38.8 Å². The zero-order chi connectivity index (χ0) is 14.8. The fourth-order valence-corrected chi connectivity index (χ4v) is 2.87. The van der Waals surface area contributed by atoms with Gasteiger partial charge in [0, 0.05) is 25.2 Å². The Bertz CT molecular complexity index is 498. The van der Waals surface area contributed by atoms with Crippen LogP contribution in [0, 0.1) is 11.8 Å². The van der Waals surface area contributed by atoms with Gasteiger partial charge in [-0.05, 0) is 33.3 Å². The number of benzene rings is 1. The Labute approximate surface area is 122 Å². The fraction of sp³-hybridized carbons (Fsp3) is 0.500. The highest BCUT2D eigenvalue weighted by atomic mass is 16.5. The van der Waals surface area contributed by atoms with Gasteiger partial charge in [-0.25, -0.2) is 0 Å². The Morgan fingerprint density at radius 3 is 2.30 bits per heavy atom. The Hall–Kier alpha value is -1.41. The zero-order valence-electron chi connectivity index (χ0n) is 13.1. The molecule has 0 aliphatic heterocycles. The van der Waals surface area contributed by atoms with Gasteiger partial charge in [0.15, 0.2) is 0 Å². The molecule has 2 rings (SSSR count). The van der Waals surface area contributed by atoms with Crippen molar-refractivity contribution < 1.29 is 4.74 Å². The smallest absolute Gasteiger partial charge is 0.108 e. The molecule has 0 spiro atoms. The van der Waals surface area contributed by atoms with Crippen LogP contribution in [0.3, 0.4) is 0 Å². The number of rotatable bonds is 4. The lowest BCUT2D eigenvalue weighted by Crippen LogP contribution is -2.16. The third-order valence-electron chi connectivity index (χ3n) is 3.85. The van der Waals surface area contributed by atoms with Crippen LogP contribution in [0.5, 0.6) is 0 Å². The van der Waals surface area contributed by atoms with E-state index in [0.29, 0.717) is 11.8 Å². The van der Waals surface area contributed by atoms with E-state index in [9.17, 15) is 0 Å². The van der Waals surface area contributed by atoms with Gasteiger partial charge in [0.25, 0.3) is 0 Å². The number of aliphatic imine (C=N–C) groups is 1. The first-order valence-electron chi connectivity index (χ1n) is 7.24. The molecule has 0 N–H and O–H groups in total. The molecule has 108 valence electrons. The van der Waals surface area contributed by atoms with Gasteiger partial charge in [-0.1, -0.05) is 42.5 Å². The highest BCUT2D eigenvalue weighted by Crippen LogP contribution is 2.60. The maximum atomic E-state index is 5.94. The third-order valence-corrected chi connectivity index (χ3v) is 3.85. The molecule has 0 saturated heterocycles. The van der Waals surface area contributed by atoms with Crippen molar-refractivity contribution in [3.05, 3.63) is 48.0 Å². The number of hydrogen-bond acceptors (Lipinski definition) is 2. The molecular formula is C18H25NO. The molecule has 1 fully saturated rings. The van der Waals surface area contributed by atoms with Crippen LogP contribution in [-0.2, 0) is 10.3 Å². The topological polar surface area (TPSA) is 21.6 Å². The number of allylic oxidation sites excluding steroid dienone is 1. The van der Waals surface area contributed by atoms with E-state index in [0.717, 1.165) is 0 Å². The largest absolute Gasteiger partial charge is 0.372 e. The number of nitrogens with zero attached hydrogens (tertiary/aromatic N) is 1. The van der Waals surface area contributed by atoms with Crippen molar-refractivity contribution in [2.75, 3.05) is 7.11 Å². The first kappa shape index (κ1) is 15.0. The van der Waals surface area contributed by atoms with Gasteiger partial charge in [0.05, 0.1) is 5.54 Å². The molecule has 0 amide bonds. The maximum absolute atomic E-state index is 5.94. The summed E-state index contributed by atoms with van der Waals surface area (Å²) in [6, 6.07) is 10.5. The second-order valence-corrected chi connectivity index (χ2v) is 6.39. The van der Waals surface area contributed by atoms with Crippen molar-refractivity contribution in [1.29, 1.82) is 0 Å². The summed E-state index contributed by atoms with van der Waals surface area (Å²) in [7, 11) is 1.80. The first-order valence-corrected chi connectivity index (χ1v) is 7.24. The van der Waals surface area contributed by atoms with Crippen LogP contribution >= 0.6 is 0 Å². The average molecular weight is 271 g/mol. The van der Waals surface area contributed by atoms with Crippen molar-refractivity contribution in [1.82, 2.24) is 0 Å². The number of ether oxygens (including phenoxy) is 1. The molecule has 20 heavy (non-hydrogen) atoms. The summed E-state index contributed by atoms with van der Waals surface area (Å²) in [4.78, 5) is 4.68. The van der Waals surface area contributed by atoms with E-state index in [4.69, 9.17) is 4.74 Å². The lowest BCUT2D eigenvalue weighted by atomic mass is 10.0. The second kappa shape index (κ2) is 5.53. The summed E-state index contributed by atoms with van der Waals surface area (Å²) >= 11 is 0. The maximum Gasteiger partial charge on any atom is 0.108 e. The van der Waals surface area contributed by atoms with Gasteiger partial charge in [-0.3, -0.25) is 4.99 Å². The minimum absolute atomic E-state index is 0.0424. The minimum Gasteiger partial charge on any atom is -0.372 e. The van der Waals surface area contributed by atoms with E-state index in [-0.39, 0.29) is 11.1 Å². The predicted molar refractivity (Wildman–Crippen MR) is 85.2 cm³/mol. The Morgan fingerprint density at radius 2 is 1.80 bits per heavy atom. The van der Waals surface area contributed by atoms with Crippen molar-refractivity contribution in [2.24, 2.45) is 16.8 Å². The lowest BCUT2D eigenvalue weighted by molar-refractivity contribution is 0.0637. The lowest BCUT2D eigenvalue weighted by Gasteiger charge is -2.17. The molecular weight excluding hydrogens is 246 g/mol. The van der Waals surface area contributed by atoms with Gasteiger partial charge in [-0.15, -0.1) is 0 Å². The van der Waals surface area contributed by atoms with Gasteiger partial charge >= 0.3 is 0 Å². The number of methoxy groups -OCH3 is 1. The molecule has 1 aromatic carbocycles. The number of hydrogen-bond donors (Lipinski definition) is 0. The average Bonchev–Trinajstić information content (AvgIpc) is 3.05. The summed E-state index contributed by atoms with van der Waals surface area (Å²) in [6.45, 7) is 8.41. The molecule has 1 saturated carbocycles. The molecule has 1 aliphatic carbocycles. The molecule has 1 aromatic rings. The van der Waals surface area contributed by atoms with Crippen LogP contribution in [0.25, 0.3) is 0 Å². The van der Waals surface area contributed by atoms with E-state index < -0.39 is 0 Å². The van der Waals surface area contributed by atoms with E-state index in [1.54, 1.807) is 7.11 Å². The van der Waals surface area contributed by atoms with E-state index in [1.165, 1.54) is 5.56 Å². The summed E-state index contributed by atoms with van der Waals surface area (Å²) in [5, 5.41) is 0. The van der Waals surface area contributed by atoms with Crippen molar-refractivity contribution in [3.8, 4) is 0 Å². The molecule has 0 bridgehead atoms. The third kappa shape index (κ3) is 2.71. The summed E-state index contributed by atoms with van der Waals surface area (Å²) in [5.74, 6) is 0.677.